The Kier molecular flexibility index (Phi) is 2.92. The molecule has 0 bridgehead atoms. The van der Waals surface area contributed by atoms with Gasteiger partial charge in [0.1, 0.15) is 11.4 Å². The number of ether oxygens (including phenoxy) is 1. The lowest BCUT2D eigenvalue weighted by Crippen LogP contribution is -1.83. The van der Waals surface area contributed by atoms with E-state index in [1.807, 2.05) is 30.3 Å². The van der Waals surface area contributed by atoms with Gasteiger partial charge < -0.3 is 9.26 Å². The van der Waals surface area contributed by atoms with Crippen molar-refractivity contribution in [1.29, 1.82) is 0 Å². The van der Waals surface area contributed by atoms with Gasteiger partial charge in [0.05, 0.1) is 13.0 Å². The fraction of sp³-hybridized carbons (Fsp3) is 0.182. The quantitative estimate of drug-likeness (QED) is 0.750. The molecule has 0 unspecified atom stereocenters. The van der Waals surface area contributed by atoms with E-state index in [9.17, 15) is 0 Å². The van der Waals surface area contributed by atoms with Crippen LogP contribution >= 0.6 is 11.6 Å². The molecular weight excluding hydrogens is 214 g/mol. The van der Waals surface area contributed by atoms with E-state index in [-0.39, 0.29) is 0 Å². The zero-order valence-electron chi connectivity index (χ0n) is 8.24. The fourth-order valence-corrected chi connectivity index (χ4v) is 1.42. The molecule has 1 aromatic carbocycles. The van der Waals surface area contributed by atoms with Crippen LogP contribution in [0, 0.1) is 0 Å². The standard InChI is InChI=1S/C11H10ClNO2/c1-14-9-4-2-3-8(5-9)11-6-10(7-12)15-13-11/h2-6H,7H2,1H3. The van der Waals surface area contributed by atoms with Crippen molar-refractivity contribution < 1.29 is 9.26 Å². The third kappa shape index (κ3) is 2.13. The number of methoxy groups -OCH3 is 1. The molecule has 0 spiro atoms. The number of hydrogen-bond acceptors (Lipinski definition) is 3. The number of halogens is 1. The van der Waals surface area contributed by atoms with Crippen molar-refractivity contribution in [2.24, 2.45) is 0 Å². The molecule has 1 heterocycles. The minimum atomic E-state index is 0.330. The van der Waals surface area contributed by atoms with E-state index in [1.54, 1.807) is 7.11 Å². The Labute approximate surface area is 92.6 Å². The van der Waals surface area contributed by atoms with E-state index in [0.717, 1.165) is 17.0 Å². The molecule has 1 aromatic heterocycles. The molecule has 0 aliphatic rings. The highest BCUT2D eigenvalue weighted by Crippen LogP contribution is 2.23. The molecule has 0 saturated heterocycles. The molecule has 0 radical (unpaired) electrons. The maximum atomic E-state index is 5.63. The lowest BCUT2D eigenvalue weighted by Gasteiger charge is -2.00. The van der Waals surface area contributed by atoms with Gasteiger partial charge in [-0.15, -0.1) is 11.6 Å². The van der Waals surface area contributed by atoms with Crippen molar-refractivity contribution in [2.75, 3.05) is 7.11 Å². The van der Waals surface area contributed by atoms with Crippen LogP contribution in [-0.4, -0.2) is 12.3 Å². The molecule has 0 amide bonds. The summed E-state index contributed by atoms with van der Waals surface area (Å²) < 4.78 is 10.1. The monoisotopic (exact) mass is 223 g/mol. The lowest BCUT2D eigenvalue weighted by atomic mass is 10.1. The summed E-state index contributed by atoms with van der Waals surface area (Å²) in [7, 11) is 1.63. The number of benzene rings is 1. The average Bonchev–Trinajstić information content (AvgIpc) is 2.78. The Balaban J connectivity index is 2.35. The Hall–Kier alpha value is -1.48. The predicted molar refractivity (Wildman–Crippen MR) is 58.0 cm³/mol. The van der Waals surface area contributed by atoms with Crippen LogP contribution in [0.5, 0.6) is 5.75 Å². The number of alkyl halides is 1. The van der Waals surface area contributed by atoms with Gasteiger partial charge in [-0.2, -0.15) is 0 Å². The Morgan fingerprint density at radius 3 is 2.93 bits per heavy atom. The maximum absolute atomic E-state index is 5.63. The molecule has 2 rings (SSSR count). The summed E-state index contributed by atoms with van der Waals surface area (Å²) >= 11 is 5.63. The van der Waals surface area contributed by atoms with Crippen molar-refractivity contribution >= 4 is 11.6 Å². The van der Waals surface area contributed by atoms with Crippen molar-refractivity contribution in [3.63, 3.8) is 0 Å². The van der Waals surface area contributed by atoms with E-state index in [0.29, 0.717) is 11.6 Å². The molecule has 0 atom stereocenters. The van der Waals surface area contributed by atoms with Crippen LogP contribution in [-0.2, 0) is 5.88 Å². The zero-order valence-corrected chi connectivity index (χ0v) is 8.99. The number of hydrogen-bond donors (Lipinski definition) is 0. The Morgan fingerprint density at radius 1 is 1.40 bits per heavy atom. The van der Waals surface area contributed by atoms with Gasteiger partial charge in [0, 0.05) is 11.6 Å². The van der Waals surface area contributed by atoms with Crippen LogP contribution in [0.3, 0.4) is 0 Å². The smallest absolute Gasteiger partial charge is 0.152 e. The van der Waals surface area contributed by atoms with Crippen molar-refractivity contribution in [1.82, 2.24) is 5.16 Å². The highest BCUT2D eigenvalue weighted by molar-refractivity contribution is 6.16. The van der Waals surface area contributed by atoms with Gasteiger partial charge in [0.2, 0.25) is 0 Å². The van der Waals surface area contributed by atoms with Crippen LogP contribution in [0.2, 0.25) is 0 Å². The molecule has 0 saturated carbocycles. The third-order valence-electron chi connectivity index (χ3n) is 2.06. The first-order chi connectivity index (χ1) is 7.33. The van der Waals surface area contributed by atoms with Crippen LogP contribution in [0.15, 0.2) is 34.9 Å². The molecule has 2 aromatic rings. The van der Waals surface area contributed by atoms with Crippen molar-refractivity contribution in [3.05, 3.63) is 36.1 Å². The van der Waals surface area contributed by atoms with E-state index in [4.69, 9.17) is 20.9 Å². The van der Waals surface area contributed by atoms with Gasteiger partial charge in [0.25, 0.3) is 0 Å². The topological polar surface area (TPSA) is 35.3 Å². The molecular formula is C11H10ClNO2. The molecule has 0 aliphatic carbocycles. The summed E-state index contributed by atoms with van der Waals surface area (Å²) in [5.41, 5.74) is 1.72. The first-order valence-corrected chi connectivity index (χ1v) is 5.03. The van der Waals surface area contributed by atoms with Crippen molar-refractivity contribution in [2.45, 2.75) is 5.88 Å². The largest absolute Gasteiger partial charge is 0.497 e. The van der Waals surface area contributed by atoms with Gasteiger partial charge in [-0.1, -0.05) is 17.3 Å². The SMILES string of the molecule is COc1cccc(-c2cc(CCl)on2)c1. The molecule has 4 heteroatoms. The van der Waals surface area contributed by atoms with E-state index < -0.39 is 0 Å². The molecule has 0 aliphatic heterocycles. The first kappa shape index (κ1) is 10.1. The predicted octanol–water partition coefficient (Wildman–Crippen LogP) is 3.09. The van der Waals surface area contributed by atoms with Crippen LogP contribution in [0.25, 0.3) is 11.3 Å². The lowest BCUT2D eigenvalue weighted by molar-refractivity contribution is 0.396. The highest BCUT2D eigenvalue weighted by atomic mass is 35.5. The molecule has 3 nitrogen and oxygen atoms in total. The molecule has 15 heavy (non-hydrogen) atoms. The molecule has 0 fully saturated rings. The summed E-state index contributed by atoms with van der Waals surface area (Å²) in [6.45, 7) is 0. The van der Waals surface area contributed by atoms with E-state index in [1.165, 1.54) is 0 Å². The minimum Gasteiger partial charge on any atom is -0.497 e. The zero-order chi connectivity index (χ0) is 10.7. The third-order valence-corrected chi connectivity index (χ3v) is 2.32. The van der Waals surface area contributed by atoms with Gasteiger partial charge in [-0.3, -0.25) is 0 Å². The first-order valence-electron chi connectivity index (χ1n) is 4.49. The second-order valence-corrected chi connectivity index (χ2v) is 3.31. The van der Waals surface area contributed by atoms with E-state index in [2.05, 4.69) is 5.16 Å². The van der Waals surface area contributed by atoms with Crippen LogP contribution in [0.4, 0.5) is 0 Å². The molecule has 78 valence electrons. The molecule has 0 N–H and O–H groups in total. The Morgan fingerprint density at radius 2 is 2.27 bits per heavy atom. The van der Waals surface area contributed by atoms with E-state index >= 15 is 0 Å². The highest BCUT2D eigenvalue weighted by Gasteiger charge is 2.06. The van der Waals surface area contributed by atoms with Crippen LogP contribution in [0.1, 0.15) is 5.76 Å². The second-order valence-electron chi connectivity index (χ2n) is 3.04. The second kappa shape index (κ2) is 4.36. The summed E-state index contributed by atoms with van der Waals surface area (Å²) in [6.07, 6.45) is 0. The Bertz CT molecular complexity index is 453. The fourth-order valence-electron chi connectivity index (χ4n) is 1.29. The number of aromatic nitrogens is 1. The normalized spacial score (nSPS) is 10.3. The summed E-state index contributed by atoms with van der Waals surface area (Å²) in [5.74, 6) is 1.79. The van der Waals surface area contributed by atoms with Gasteiger partial charge in [-0.05, 0) is 12.1 Å². The summed E-state index contributed by atoms with van der Waals surface area (Å²) in [5, 5.41) is 3.92. The summed E-state index contributed by atoms with van der Waals surface area (Å²) in [6, 6.07) is 9.45. The summed E-state index contributed by atoms with van der Waals surface area (Å²) in [4.78, 5) is 0. The van der Waals surface area contributed by atoms with Gasteiger partial charge in [0.15, 0.2) is 5.76 Å². The minimum absolute atomic E-state index is 0.330. The van der Waals surface area contributed by atoms with Gasteiger partial charge in [-0.25, -0.2) is 0 Å². The maximum Gasteiger partial charge on any atom is 0.152 e. The van der Waals surface area contributed by atoms with Crippen molar-refractivity contribution in [3.8, 4) is 17.0 Å². The van der Waals surface area contributed by atoms with Gasteiger partial charge >= 0.3 is 0 Å². The average molecular weight is 224 g/mol. The number of nitrogens with zero attached hydrogens (tertiary/aromatic N) is 1. The number of rotatable bonds is 3. The van der Waals surface area contributed by atoms with Crippen LogP contribution < -0.4 is 4.74 Å².